The van der Waals surface area contributed by atoms with Gasteiger partial charge in [-0.05, 0) is 31.0 Å². The van der Waals surface area contributed by atoms with Gasteiger partial charge < -0.3 is 25.2 Å². The van der Waals surface area contributed by atoms with Gasteiger partial charge in [0.1, 0.15) is 6.10 Å². The average molecular weight is 402 g/mol. The maximum atomic E-state index is 13.0. The van der Waals surface area contributed by atoms with Gasteiger partial charge in [0.25, 0.3) is 11.8 Å². The second-order valence-electron chi connectivity index (χ2n) is 7.28. The number of ether oxygens (including phenoxy) is 1. The standard InChI is InChI=1S/C20H26N4O5/c1-13(25)21-16-10-15(11-17(12-16)22-14(2)26)19(27)23-5-7-24(8-6-23)20(28)18-4-3-9-29-18/h10-12,18H,3-9H2,1-2H3,(H,21,25)(H,22,26). The molecule has 1 aromatic rings. The first-order valence-corrected chi connectivity index (χ1v) is 9.73. The van der Waals surface area contributed by atoms with Crippen molar-refractivity contribution in [3.63, 3.8) is 0 Å². The monoisotopic (exact) mass is 402 g/mol. The van der Waals surface area contributed by atoms with E-state index in [1.165, 1.54) is 13.8 Å². The maximum Gasteiger partial charge on any atom is 0.254 e. The lowest BCUT2D eigenvalue weighted by molar-refractivity contribution is -0.142. The molecule has 2 aliphatic rings. The van der Waals surface area contributed by atoms with E-state index in [2.05, 4.69) is 10.6 Å². The molecule has 2 fully saturated rings. The average Bonchev–Trinajstić information content (AvgIpc) is 3.20. The van der Waals surface area contributed by atoms with Gasteiger partial charge in [0.2, 0.25) is 11.8 Å². The number of hydrogen-bond donors (Lipinski definition) is 2. The van der Waals surface area contributed by atoms with Gasteiger partial charge in [0.15, 0.2) is 0 Å². The van der Waals surface area contributed by atoms with Crippen molar-refractivity contribution >= 4 is 35.0 Å². The molecule has 2 aliphatic heterocycles. The molecular formula is C20H26N4O5. The normalized spacial score (nSPS) is 19.0. The van der Waals surface area contributed by atoms with Crippen molar-refractivity contribution in [1.29, 1.82) is 0 Å². The molecule has 2 N–H and O–H groups in total. The molecule has 0 aromatic heterocycles. The van der Waals surface area contributed by atoms with Crippen LogP contribution in [0.3, 0.4) is 0 Å². The number of carbonyl (C=O) groups excluding carboxylic acids is 4. The molecule has 0 saturated carbocycles. The summed E-state index contributed by atoms with van der Waals surface area (Å²) in [5, 5.41) is 5.28. The van der Waals surface area contributed by atoms with Gasteiger partial charge in [-0.1, -0.05) is 0 Å². The number of nitrogens with zero attached hydrogens (tertiary/aromatic N) is 2. The summed E-state index contributed by atoms with van der Waals surface area (Å²) in [6, 6.07) is 4.76. The highest BCUT2D eigenvalue weighted by molar-refractivity contribution is 6.00. The summed E-state index contributed by atoms with van der Waals surface area (Å²) in [4.78, 5) is 51.6. The Morgan fingerprint density at radius 2 is 1.45 bits per heavy atom. The summed E-state index contributed by atoms with van der Waals surface area (Å²) in [6.07, 6.45) is 1.29. The van der Waals surface area contributed by atoms with E-state index in [4.69, 9.17) is 4.74 Å². The van der Waals surface area contributed by atoms with E-state index in [-0.39, 0.29) is 29.7 Å². The van der Waals surface area contributed by atoms with Gasteiger partial charge in [-0.2, -0.15) is 0 Å². The molecule has 0 radical (unpaired) electrons. The van der Waals surface area contributed by atoms with Crippen LogP contribution >= 0.6 is 0 Å². The lowest BCUT2D eigenvalue weighted by Crippen LogP contribution is -2.52. The van der Waals surface area contributed by atoms with Crippen molar-refractivity contribution in [2.75, 3.05) is 43.4 Å². The number of nitrogens with one attached hydrogen (secondary N) is 2. The summed E-state index contributed by atoms with van der Waals surface area (Å²) < 4.78 is 5.46. The Morgan fingerprint density at radius 3 is 1.93 bits per heavy atom. The fraction of sp³-hybridized carbons (Fsp3) is 0.500. The molecule has 9 nitrogen and oxygen atoms in total. The largest absolute Gasteiger partial charge is 0.368 e. The molecular weight excluding hydrogens is 376 g/mol. The SMILES string of the molecule is CC(=O)Nc1cc(NC(C)=O)cc(C(=O)N2CCN(C(=O)C3CCCO3)CC2)c1. The molecule has 0 aliphatic carbocycles. The van der Waals surface area contributed by atoms with Crippen LogP contribution in [0.4, 0.5) is 11.4 Å². The first-order chi connectivity index (χ1) is 13.8. The van der Waals surface area contributed by atoms with E-state index in [1.807, 2.05) is 0 Å². The first kappa shape index (κ1) is 20.8. The van der Waals surface area contributed by atoms with Gasteiger partial charge in [-0.3, -0.25) is 19.2 Å². The fourth-order valence-corrected chi connectivity index (χ4v) is 3.59. The van der Waals surface area contributed by atoms with E-state index in [0.29, 0.717) is 49.7 Å². The topological polar surface area (TPSA) is 108 Å². The minimum absolute atomic E-state index is 0.00445. The Kier molecular flexibility index (Phi) is 6.48. The quantitative estimate of drug-likeness (QED) is 0.783. The molecule has 29 heavy (non-hydrogen) atoms. The predicted octanol–water partition coefficient (Wildman–Crippen LogP) is 1.07. The maximum absolute atomic E-state index is 13.0. The van der Waals surface area contributed by atoms with Crippen LogP contribution in [-0.4, -0.2) is 72.3 Å². The number of rotatable bonds is 4. The smallest absolute Gasteiger partial charge is 0.254 e. The van der Waals surface area contributed by atoms with Crippen molar-refractivity contribution in [3.05, 3.63) is 23.8 Å². The Bertz CT molecular complexity index is 777. The molecule has 156 valence electrons. The Balaban J connectivity index is 1.68. The third-order valence-electron chi connectivity index (χ3n) is 4.90. The number of benzene rings is 1. The molecule has 0 bridgehead atoms. The minimum Gasteiger partial charge on any atom is -0.368 e. The van der Waals surface area contributed by atoms with Crippen LogP contribution in [0.25, 0.3) is 0 Å². The van der Waals surface area contributed by atoms with Crippen LogP contribution in [0.2, 0.25) is 0 Å². The minimum atomic E-state index is -0.355. The zero-order valence-corrected chi connectivity index (χ0v) is 16.7. The number of carbonyl (C=O) groups is 4. The van der Waals surface area contributed by atoms with Crippen molar-refractivity contribution in [3.8, 4) is 0 Å². The van der Waals surface area contributed by atoms with E-state index < -0.39 is 0 Å². The summed E-state index contributed by atoms with van der Waals surface area (Å²) in [6.45, 7) is 5.10. The summed E-state index contributed by atoms with van der Waals surface area (Å²) >= 11 is 0. The van der Waals surface area contributed by atoms with Crippen LogP contribution in [-0.2, 0) is 19.1 Å². The molecule has 1 atom stereocenters. The molecule has 2 saturated heterocycles. The summed E-state index contributed by atoms with van der Waals surface area (Å²) in [5.41, 5.74) is 1.22. The molecule has 2 heterocycles. The first-order valence-electron chi connectivity index (χ1n) is 9.73. The molecule has 3 rings (SSSR count). The van der Waals surface area contributed by atoms with Crippen LogP contribution in [0.15, 0.2) is 18.2 Å². The van der Waals surface area contributed by atoms with Gasteiger partial charge in [-0.15, -0.1) is 0 Å². The third-order valence-corrected chi connectivity index (χ3v) is 4.90. The van der Waals surface area contributed by atoms with Gasteiger partial charge in [0, 0.05) is 63.6 Å². The molecule has 4 amide bonds. The summed E-state index contributed by atoms with van der Waals surface area (Å²) in [7, 11) is 0. The third kappa shape index (κ3) is 5.32. The number of hydrogen-bond acceptors (Lipinski definition) is 5. The number of anilines is 2. The zero-order chi connectivity index (χ0) is 21.0. The van der Waals surface area contributed by atoms with Crippen molar-refractivity contribution in [2.45, 2.75) is 32.8 Å². The second-order valence-corrected chi connectivity index (χ2v) is 7.28. The number of amides is 4. The van der Waals surface area contributed by atoms with Gasteiger partial charge in [0.05, 0.1) is 0 Å². The van der Waals surface area contributed by atoms with E-state index in [0.717, 1.165) is 12.8 Å². The molecule has 9 heteroatoms. The fourth-order valence-electron chi connectivity index (χ4n) is 3.59. The Morgan fingerprint density at radius 1 is 0.897 bits per heavy atom. The second kappa shape index (κ2) is 9.04. The highest BCUT2D eigenvalue weighted by atomic mass is 16.5. The van der Waals surface area contributed by atoms with Crippen LogP contribution in [0, 0.1) is 0 Å². The molecule has 1 unspecified atom stereocenters. The van der Waals surface area contributed by atoms with Crippen molar-refractivity contribution in [2.24, 2.45) is 0 Å². The Hall–Kier alpha value is -2.94. The van der Waals surface area contributed by atoms with Gasteiger partial charge in [-0.25, -0.2) is 0 Å². The van der Waals surface area contributed by atoms with Crippen LogP contribution in [0.5, 0.6) is 0 Å². The number of piperazine rings is 1. The van der Waals surface area contributed by atoms with E-state index in [1.54, 1.807) is 28.0 Å². The summed E-state index contributed by atoms with van der Waals surface area (Å²) in [5.74, 6) is -0.766. The highest BCUT2D eigenvalue weighted by Gasteiger charge is 2.31. The lowest BCUT2D eigenvalue weighted by Gasteiger charge is -2.35. The Labute approximate surface area is 169 Å². The van der Waals surface area contributed by atoms with E-state index >= 15 is 0 Å². The van der Waals surface area contributed by atoms with Crippen molar-refractivity contribution in [1.82, 2.24) is 9.80 Å². The van der Waals surface area contributed by atoms with E-state index in [9.17, 15) is 19.2 Å². The predicted molar refractivity (Wildman–Crippen MR) is 107 cm³/mol. The van der Waals surface area contributed by atoms with Crippen LogP contribution in [0.1, 0.15) is 37.0 Å². The highest BCUT2D eigenvalue weighted by Crippen LogP contribution is 2.22. The van der Waals surface area contributed by atoms with Gasteiger partial charge >= 0.3 is 0 Å². The van der Waals surface area contributed by atoms with Crippen molar-refractivity contribution < 1.29 is 23.9 Å². The van der Waals surface area contributed by atoms with Crippen LogP contribution < -0.4 is 10.6 Å². The molecule has 0 spiro atoms. The zero-order valence-electron chi connectivity index (χ0n) is 16.7. The molecule has 1 aromatic carbocycles. The lowest BCUT2D eigenvalue weighted by atomic mass is 10.1.